The molecule has 0 bridgehead atoms. The van der Waals surface area contributed by atoms with Crippen molar-refractivity contribution in [3.05, 3.63) is 22.2 Å². The molecular formula is C12H17BrN2O2. The van der Waals surface area contributed by atoms with Crippen molar-refractivity contribution in [2.45, 2.75) is 26.9 Å². The van der Waals surface area contributed by atoms with Gasteiger partial charge in [-0.05, 0) is 54.4 Å². The number of anilines is 2. The summed E-state index contributed by atoms with van der Waals surface area (Å²) in [7, 11) is 0. The molecule has 0 heterocycles. The number of hydrogen-bond donors (Lipinski definition) is 2. The van der Waals surface area contributed by atoms with Crippen LogP contribution in [0.3, 0.4) is 0 Å². The SMILES string of the molecule is Cc1cc(Br)c(NC(=O)COC(C)C)cc1N. The van der Waals surface area contributed by atoms with Crippen LogP contribution in [-0.2, 0) is 9.53 Å². The fourth-order valence-corrected chi connectivity index (χ4v) is 1.77. The Kier molecular flexibility index (Phi) is 4.96. The number of ether oxygens (including phenoxy) is 1. The maximum atomic E-state index is 11.6. The largest absolute Gasteiger partial charge is 0.398 e. The van der Waals surface area contributed by atoms with Gasteiger partial charge >= 0.3 is 0 Å². The molecule has 1 aromatic carbocycles. The standard InChI is InChI=1S/C12H17BrN2O2/c1-7(2)17-6-12(16)15-11-5-10(14)8(3)4-9(11)13/h4-5,7H,6,14H2,1-3H3,(H,15,16). The van der Waals surface area contributed by atoms with E-state index >= 15 is 0 Å². The molecule has 0 fully saturated rings. The molecular weight excluding hydrogens is 284 g/mol. The van der Waals surface area contributed by atoms with Gasteiger partial charge in [-0.1, -0.05) is 0 Å². The summed E-state index contributed by atoms with van der Waals surface area (Å²) in [5.74, 6) is -0.192. The maximum absolute atomic E-state index is 11.6. The van der Waals surface area contributed by atoms with Gasteiger partial charge in [0, 0.05) is 10.2 Å². The van der Waals surface area contributed by atoms with E-state index in [0.717, 1.165) is 10.0 Å². The first-order valence-corrected chi connectivity index (χ1v) is 6.16. The van der Waals surface area contributed by atoms with Crippen LogP contribution in [0.25, 0.3) is 0 Å². The number of rotatable bonds is 4. The Labute approximate surface area is 110 Å². The second-order valence-electron chi connectivity index (χ2n) is 4.10. The smallest absolute Gasteiger partial charge is 0.250 e. The third-order valence-electron chi connectivity index (χ3n) is 2.18. The summed E-state index contributed by atoms with van der Waals surface area (Å²) in [5, 5.41) is 2.74. The van der Waals surface area contributed by atoms with Gasteiger partial charge in [0.1, 0.15) is 6.61 Å². The van der Waals surface area contributed by atoms with Crippen LogP contribution in [0.15, 0.2) is 16.6 Å². The van der Waals surface area contributed by atoms with Crippen LogP contribution in [0.2, 0.25) is 0 Å². The van der Waals surface area contributed by atoms with Crippen LogP contribution in [0.1, 0.15) is 19.4 Å². The first kappa shape index (κ1) is 14.0. The van der Waals surface area contributed by atoms with Crippen LogP contribution < -0.4 is 11.1 Å². The highest BCUT2D eigenvalue weighted by Gasteiger charge is 2.08. The number of halogens is 1. The number of nitrogens with two attached hydrogens (primary N) is 1. The lowest BCUT2D eigenvalue weighted by molar-refractivity contribution is -0.121. The van der Waals surface area contributed by atoms with Crippen molar-refractivity contribution in [1.82, 2.24) is 0 Å². The van der Waals surface area contributed by atoms with Crippen LogP contribution >= 0.6 is 15.9 Å². The Morgan fingerprint density at radius 2 is 2.18 bits per heavy atom. The highest BCUT2D eigenvalue weighted by Crippen LogP contribution is 2.27. The predicted molar refractivity (Wildman–Crippen MR) is 73.0 cm³/mol. The van der Waals surface area contributed by atoms with E-state index in [0.29, 0.717) is 11.4 Å². The lowest BCUT2D eigenvalue weighted by Crippen LogP contribution is -2.21. The summed E-state index contributed by atoms with van der Waals surface area (Å²) in [6.07, 6.45) is 0.0345. The summed E-state index contributed by atoms with van der Waals surface area (Å²) < 4.78 is 6.02. The minimum atomic E-state index is -0.192. The van der Waals surface area contributed by atoms with Gasteiger partial charge < -0.3 is 15.8 Å². The number of amides is 1. The lowest BCUT2D eigenvalue weighted by atomic mass is 10.2. The van der Waals surface area contributed by atoms with E-state index in [1.807, 2.05) is 26.8 Å². The van der Waals surface area contributed by atoms with Gasteiger partial charge in [-0.3, -0.25) is 4.79 Å². The van der Waals surface area contributed by atoms with Crippen molar-refractivity contribution < 1.29 is 9.53 Å². The fourth-order valence-electron chi connectivity index (χ4n) is 1.21. The predicted octanol–water partition coefficient (Wildman–Crippen LogP) is 2.70. The number of carbonyl (C=O) groups is 1. The minimum absolute atomic E-state index is 0.0345. The van der Waals surface area contributed by atoms with E-state index in [4.69, 9.17) is 10.5 Å². The second kappa shape index (κ2) is 6.02. The molecule has 3 N–H and O–H groups in total. The van der Waals surface area contributed by atoms with Gasteiger partial charge in [0.2, 0.25) is 5.91 Å². The van der Waals surface area contributed by atoms with Crippen molar-refractivity contribution in [2.75, 3.05) is 17.7 Å². The molecule has 1 aromatic rings. The van der Waals surface area contributed by atoms with E-state index in [1.54, 1.807) is 6.07 Å². The molecule has 0 aliphatic carbocycles. The highest BCUT2D eigenvalue weighted by molar-refractivity contribution is 9.10. The molecule has 0 unspecified atom stereocenters. The van der Waals surface area contributed by atoms with Gasteiger partial charge in [0.15, 0.2) is 0 Å². The molecule has 4 nitrogen and oxygen atoms in total. The van der Waals surface area contributed by atoms with E-state index in [-0.39, 0.29) is 18.6 Å². The zero-order valence-corrected chi connectivity index (χ0v) is 11.8. The molecule has 1 amide bonds. The van der Waals surface area contributed by atoms with Crippen LogP contribution in [0, 0.1) is 6.92 Å². The van der Waals surface area contributed by atoms with Crippen molar-refractivity contribution in [3.63, 3.8) is 0 Å². The fraction of sp³-hybridized carbons (Fsp3) is 0.417. The summed E-state index contributed by atoms with van der Waals surface area (Å²) in [5.41, 5.74) is 8.05. The number of aryl methyl sites for hydroxylation is 1. The maximum Gasteiger partial charge on any atom is 0.250 e. The molecule has 0 saturated carbocycles. The Balaban J connectivity index is 2.68. The molecule has 17 heavy (non-hydrogen) atoms. The normalized spacial score (nSPS) is 10.6. The van der Waals surface area contributed by atoms with E-state index in [9.17, 15) is 4.79 Å². The highest BCUT2D eigenvalue weighted by atomic mass is 79.9. The molecule has 0 aromatic heterocycles. The van der Waals surface area contributed by atoms with Gasteiger partial charge in [-0.2, -0.15) is 0 Å². The lowest BCUT2D eigenvalue weighted by Gasteiger charge is -2.11. The topological polar surface area (TPSA) is 64.3 Å². The van der Waals surface area contributed by atoms with Gasteiger partial charge in [-0.15, -0.1) is 0 Å². The zero-order valence-electron chi connectivity index (χ0n) is 10.2. The summed E-state index contributed by atoms with van der Waals surface area (Å²) in [6, 6.07) is 3.60. The molecule has 0 aliphatic rings. The summed E-state index contributed by atoms with van der Waals surface area (Å²) in [4.78, 5) is 11.6. The molecule has 94 valence electrons. The number of carbonyl (C=O) groups excluding carboxylic acids is 1. The third-order valence-corrected chi connectivity index (χ3v) is 2.83. The quantitative estimate of drug-likeness (QED) is 0.840. The van der Waals surface area contributed by atoms with Crippen molar-refractivity contribution in [3.8, 4) is 0 Å². The number of hydrogen-bond acceptors (Lipinski definition) is 3. The van der Waals surface area contributed by atoms with Crippen LogP contribution in [0.5, 0.6) is 0 Å². The number of benzene rings is 1. The zero-order chi connectivity index (χ0) is 13.0. The Morgan fingerprint density at radius 1 is 1.53 bits per heavy atom. The minimum Gasteiger partial charge on any atom is -0.398 e. The average molecular weight is 301 g/mol. The van der Waals surface area contributed by atoms with Crippen molar-refractivity contribution >= 4 is 33.2 Å². The molecule has 5 heteroatoms. The summed E-state index contributed by atoms with van der Waals surface area (Å²) in [6.45, 7) is 5.71. The Morgan fingerprint density at radius 3 is 2.76 bits per heavy atom. The Hall–Kier alpha value is -1.07. The molecule has 0 atom stereocenters. The van der Waals surface area contributed by atoms with Gasteiger partial charge in [-0.25, -0.2) is 0 Å². The molecule has 0 saturated heterocycles. The molecule has 0 radical (unpaired) electrons. The first-order chi connectivity index (χ1) is 7.90. The molecule has 0 aliphatic heterocycles. The van der Waals surface area contributed by atoms with Crippen molar-refractivity contribution in [1.29, 1.82) is 0 Å². The van der Waals surface area contributed by atoms with Crippen LogP contribution in [-0.4, -0.2) is 18.6 Å². The first-order valence-electron chi connectivity index (χ1n) is 5.37. The summed E-state index contributed by atoms with van der Waals surface area (Å²) >= 11 is 3.38. The van der Waals surface area contributed by atoms with Gasteiger partial charge in [0.25, 0.3) is 0 Å². The van der Waals surface area contributed by atoms with Crippen molar-refractivity contribution in [2.24, 2.45) is 0 Å². The van der Waals surface area contributed by atoms with E-state index in [1.165, 1.54) is 0 Å². The number of nitrogen functional groups attached to an aromatic ring is 1. The van der Waals surface area contributed by atoms with Gasteiger partial charge in [0.05, 0.1) is 11.8 Å². The second-order valence-corrected chi connectivity index (χ2v) is 4.95. The van der Waals surface area contributed by atoms with Crippen LogP contribution in [0.4, 0.5) is 11.4 Å². The number of nitrogens with one attached hydrogen (secondary N) is 1. The Bertz CT molecular complexity index is 419. The van der Waals surface area contributed by atoms with E-state index < -0.39 is 0 Å². The monoisotopic (exact) mass is 300 g/mol. The third kappa shape index (κ3) is 4.36. The molecule has 1 rings (SSSR count). The molecule has 0 spiro atoms. The average Bonchev–Trinajstić information content (AvgIpc) is 2.23. The van der Waals surface area contributed by atoms with E-state index in [2.05, 4.69) is 21.2 Å².